The quantitative estimate of drug-likeness (QED) is 0.195. The van der Waals surface area contributed by atoms with Gasteiger partial charge in [0.2, 0.25) is 0 Å². The van der Waals surface area contributed by atoms with Crippen molar-refractivity contribution in [2.45, 2.75) is 12.8 Å². The molecule has 0 bridgehead atoms. The topological polar surface area (TPSA) is 78.8 Å². The smallest absolute Gasteiger partial charge is 0.146 e. The second-order valence-corrected chi connectivity index (χ2v) is 12.6. The molecule has 0 aliphatic heterocycles. The SMILES string of the molecule is N#Cc1cccc(C2=Cc3c(oc4c3ccc3oc5ccc(-c6cccc(C#N)c6-n6c7ccccc7c7ccccc76)cc5c34)CC2)c1. The van der Waals surface area contributed by atoms with Crippen LogP contribution in [0.4, 0.5) is 0 Å². The maximum atomic E-state index is 10.4. The lowest BCUT2D eigenvalue weighted by molar-refractivity contribution is 0.550. The molecule has 0 atom stereocenters. The summed E-state index contributed by atoms with van der Waals surface area (Å²) in [6.45, 7) is 0. The van der Waals surface area contributed by atoms with E-state index in [9.17, 15) is 10.5 Å². The summed E-state index contributed by atoms with van der Waals surface area (Å²) in [7, 11) is 0. The van der Waals surface area contributed by atoms with Crippen LogP contribution in [0.1, 0.15) is 34.4 Å². The molecule has 0 N–H and O–H groups in total. The highest BCUT2D eigenvalue weighted by Gasteiger charge is 2.24. The molecule has 1 aliphatic carbocycles. The first-order chi connectivity index (χ1) is 24.2. The number of furan rings is 2. The molecular weight excluding hydrogens is 603 g/mol. The number of rotatable bonds is 3. The third-order valence-corrected chi connectivity index (χ3v) is 9.98. The Morgan fingerprint density at radius 2 is 1.37 bits per heavy atom. The van der Waals surface area contributed by atoms with E-state index in [0.29, 0.717) is 11.1 Å². The van der Waals surface area contributed by atoms with E-state index in [-0.39, 0.29) is 0 Å². The third-order valence-electron chi connectivity index (χ3n) is 9.98. The molecular formula is C44H25N3O2. The van der Waals surface area contributed by atoms with Crippen molar-refractivity contribution in [3.05, 3.63) is 149 Å². The van der Waals surface area contributed by atoms with Crippen LogP contribution in [0.15, 0.2) is 130 Å². The summed E-state index contributed by atoms with van der Waals surface area (Å²) in [5, 5.41) is 25.1. The van der Waals surface area contributed by atoms with Crippen molar-refractivity contribution in [1.82, 2.24) is 4.57 Å². The largest absolute Gasteiger partial charge is 0.460 e. The fraction of sp³-hybridized carbons (Fsp3) is 0.0455. The van der Waals surface area contributed by atoms with Crippen molar-refractivity contribution in [3.8, 4) is 29.0 Å². The molecule has 9 aromatic rings. The molecule has 0 saturated carbocycles. The second-order valence-electron chi connectivity index (χ2n) is 12.6. The summed E-state index contributed by atoms with van der Waals surface area (Å²) < 4.78 is 15.3. The van der Waals surface area contributed by atoms with Crippen molar-refractivity contribution in [2.24, 2.45) is 0 Å². The van der Waals surface area contributed by atoms with Crippen LogP contribution in [0, 0.1) is 22.7 Å². The number of allylic oxidation sites excluding steroid dienone is 1. The van der Waals surface area contributed by atoms with Crippen molar-refractivity contribution in [3.63, 3.8) is 0 Å². The van der Waals surface area contributed by atoms with E-state index in [1.165, 1.54) is 5.57 Å². The van der Waals surface area contributed by atoms with Crippen LogP contribution < -0.4 is 0 Å². The molecule has 3 aromatic heterocycles. The fourth-order valence-electron chi connectivity index (χ4n) is 7.78. The van der Waals surface area contributed by atoms with Crippen LogP contribution in [-0.2, 0) is 6.42 Å². The molecule has 5 nitrogen and oxygen atoms in total. The minimum atomic E-state index is 0.602. The summed E-state index contributed by atoms with van der Waals surface area (Å²) in [5.41, 5.74) is 11.9. The lowest BCUT2D eigenvalue weighted by Gasteiger charge is -2.16. The van der Waals surface area contributed by atoms with Gasteiger partial charge in [0.05, 0.1) is 39.3 Å². The number of hydrogen-bond acceptors (Lipinski definition) is 4. The van der Waals surface area contributed by atoms with Crippen LogP contribution in [0.25, 0.3) is 83.2 Å². The summed E-state index contributed by atoms with van der Waals surface area (Å²) in [5.74, 6) is 0.962. The van der Waals surface area contributed by atoms with Gasteiger partial charge in [0.15, 0.2) is 0 Å². The van der Waals surface area contributed by atoms with Gasteiger partial charge in [-0.3, -0.25) is 0 Å². The predicted molar refractivity (Wildman–Crippen MR) is 195 cm³/mol. The van der Waals surface area contributed by atoms with Crippen molar-refractivity contribution >= 4 is 66.4 Å². The zero-order valence-corrected chi connectivity index (χ0v) is 26.2. The Bertz CT molecular complexity index is 2920. The van der Waals surface area contributed by atoms with Crippen LogP contribution in [0.5, 0.6) is 0 Å². The summed E-state index contributed by atoms with van der Waals surface area (Å²) in [4.78, 5) is 0. The van der Waals surface area contributed by atoms with Gasteiger partial charge in [0.1, 0.15) is 28.6 Å². The molecule has 6 aromatic carbocycles. The van der Waals surface area contributed by atoms with Gasteiger partial charge in [0.25, 0.3) is 0 Å². The number of aryl methyl sites for hydroxylation is 1. The molecule has 3 heterocycles. The molecule has 0 fully saturated rings. The Morgan fingerprint density at radius 1 is 0.592 bits per heavy atom. The molecule has 0 unspecified atom stereocenters. The van der Waals surface area contributed by atoms with Crippen molar-refractivity contribution in [2.75, 3.05) is 0 Å². The van der Waals surface area contributed by atoms with E-state index in [4.69, 9.17) is 8.83 Å². The molecule has 49 heavy (non-hydrogen) atoms. The monoisotopic (exact) mass is 627 g/mol. The Morgan fingerprint density at radius 3 is 2.16 bits per heavy atom. The summed E-state index contributed by atoms with van der Waals surface area (Å²) in [6, 6.07) is 45.6. The fourth-order valence-corrected chi connectivity index (χ4v) is 7.78. The number of aromatic nitrogens is 1. The summed E-state index contributed by atoms with van der Waals surface area (Å²) >= 11 is 0. The molecule has 0 spiro atoms. The highest BCUT2D eigenvalue weighted by Crippen LogP contribution is 2.44. The summed E-state index contributed by atoms with van der Waals surface area (Å²) in [6.07, 6.45) is 3.83. The number of benzene rings is 6. The standard InChI is InChI=1S/C44H25N3O2/c45-24-26-7-5-8-27(21-26)28-15-18-39-35(22-28)34-17-20-41-42(44(34)49-39)36-23-29(16-19-40(36)48-41)31-12-6-9-30(25-46)43(31)47-37-13-3-1-10-32(37)33-11-2-4-14-38(33)47/h1-14,16-17,19-23H,15,18H2. The van der Waals surface area contributed by atoms with Crippen LogP contribution in [-0.4, -0.2) is 4.57 Å². The van der Waals surface area contributed by atoms with Crippen molar-refractivity contribution in [1.29, 1.82) is 10.5 Å². The maximum Gasteiger partial charge on any atom is 0.146 e. The van der Waals surface area contributed by atoms with E-state index >= 15 is 0 Å². The molecule has 1 aliphatic rings. The van der Waals surface area contributed by atoms with E-state index in [2.05, 4.69) is 89.5 Å². The highest BCUT2D eigenvalue weighted by molar-refractivity contribution is 6.19. The maximum absolute atomic E-state index is 10.4. The molecule has 0 radical (unpaired) electrons. The first-order valence-corrected chi connectivity index (χ1v) is 16.3. The molecule has 5 heteroatoms. The first kappa shape index (κ1) is 27.3. The third kappa shape index (κ3) is 3.97. The van der Waals surface area contributed by atoms with E-state index in [1.807, 2.05) is 54.6 Å². The average molecular weight is 628 g/mol. The van der Waals surface area contributed by atoms with Crippen LogP contribution in [0.2, 0.25) is 0 Å². The van der Waals surface area contributed by atoms with Gasteiger partial charge in [-0.15, -0.1) is 0 Å². The zero-order chi connectivity index (χ0) is 32.6. The molecule has 0 amide bonds. The van der Waals surface area contributed by atoms with Gasteiger partial charge in [0, 0.05) is 39.1 Å². The second kappa shape index (κ2) is 10.3. The van der Waals surface area contributed by atoms with Gasteiger partial charge in [-0.2, -0.15) is 10.5 Å². The predicted octanol–water partition coefficient (Wildman–Crippen LogP) is 11.3. The lowest BCUT2D eigenvalue weighted by Crippen LogP contribution is -2.00. The van der Waals surface area contributed by atoms with Crippen molar-refractivity contribution < 1.29 is 8.83 Å². The van der Waals surface area contributed by atoms with E-state index < -0.39 is 0 Å². The van der Waals surface area contributed by atoms with Crippen LogP contribution >= 0.6 is 0 Å². The van der Waals surface area contributed by atoms with Gasteiger partial charge < -0.3 is 13.4 Å². The Kier molecular flexibility index (Phi) is 5.76. The number of nitriles is 2. The lowest BCUT2D eigenvalue weighted by atomic mass is 9.91. The number of fused-ring (bicyclic) bond motifs is 10. The van der Waals surface area contributed by atoms with E-state index in [0.717, 1.165) is 101 Å². The van der Waals surface area contributed by atoms with Gasteiger partial charge in [-0.05, 0) is 83.8 Å². The average Bonchev–Trinajstić information content (AvgIpc) is 3.83. The molecule has 0 saturated heterocycles. The minimum Gasteiger partial charge on any atom is -0.460 e. The zero-order valence-electron chi connectivity index (χ0n) is 26.2. The Labute approximate surface area is 280 Å². The number of nitrogens with zero attached hydrogens (tertiary/aromatic N) is 3. The first-order valence-electron chi connectivity index (χ1n) is 16.3. The number of para-hydroxylation sites is 3. The number of hydrogen-bond donors (Lipinski definition) is 0. The van der Waals surface area contributed by atoms with Crippen LogP contribution in [0.3, 0.4) is 0 Å². The Hall–Kier alpha value is -6.82. The normalized spacial score (nSPS) is 12.8. The Balaban J connectivity index is 1.20. The van der Waals surface area contributed by atoms with Gasteiger partial charge in [-0.25, -0.2) is 0 Å². The van der Waals surface area contributed by atoms with E-state index in [1.54, 1.807) is 0 Å². The van der Waals surface area contributed by atoms with Gasteiger partial charge in [-0.1, -0.05) is 66.7 Å². The van der Waals surface area contributed by atoms with Gasteiger partial charge >= 0.3 is 0 Å². The molecule has 228 valence electrons. The minimum absolute atomic E-state index is 0.602. The molecule has 10 rings (SSSR count). The highest BCUT2D eigenvalue weighted by atomic mass is 16.3.